The number of fused-ring (bicyclic) bond motifs is 16. The van der Waals surface area contributed by atoms with Gasteiger partial charge in [0, 0.05) is 313 Å². The highest BCUT2D eigenvalue weighted by molar-refractivity contribution is 5.91. The molecular formula is C105H112F4N20O6. The number of aryl methyl sites for hydroxylation is 3. The van der Waals surface area contributed by atoms with Crippen molar-refractivity contribution in [2.45, 2.75) is 64.8 Å². The van der Waals surface area contributed by atoms with Crippen LogP contribution in [0.1, 0.15) is 56.3 Å². The number of morpholine rings is 5. The maximum Gasteiger partial charge on any atom is 0.298 e. The number of aromatic amines is 2. The maximum atomic E-state index is 14.5. The predicted octanol–water partition coefficient (Wildman–Crippen LogP) is 16.1. The lowest BCUT2D eigenvalue weighted by molar-refractivity contribution is 0.122. The Bertz CT molecular complexity index is 6930. The molecule has 16 aromatic rings. The normalized spacial score (nSPS) is 17.4. The Kier molecular flexibility index (Phi) is 24.6. The molecule has 30 heteroatoms. The van der Waals surface area contributed by atoms with Crippen molar-refractivity contribution in [3.63, 3.8) is 0 Å². The number of nitrogens with one attached hydrogen (secondary N) is 2. The van der Waals surface area contributed by atoms with E-state index >= 15 is 0 Å². The molecule has 5 fully saturated rings. The Morgan fingerprint density at radius 2 is 0.733 bits per heavy atom. The quantitative estimate of drug-likeness (QED) is 0.122. The van der Waals surface area contributed by atoms with Gasteiger partial charge in [0.25, 0.3) is 6.01 Å². The largest absolute Gasteiger partial charge is 0.423 e. The van der Waals surface area contributed by atoms with Gasteiger partial charge in [-0.2, -0.15) is 4.98 Å². The monoisotopic (exact) mass is 1820 g/mol. The van der Waals surface area contributed by atoms with Crippen LogP contribution in [-0.2, 0) is 110 Å². The fourth-order valence-corrected chi connectivity index (χ4v) is 21.4. The summed E-state index contributed by atoms with van der Waals surface area (Å²) in [6.07, 6.45) is 8.64. The zero-order valence-corrected chi connectivity index (χ0v) is 76.7. The molecule has 10 aliphatic rings. The molecule has 26 rings (SSSR count). The van der Waals surface area contributed by atoms with Gasteiger partial charge in [0.05, 0.1) is 95.4 Å². The first-order valence-corrected chi connectivity index (χ1v) is 47.5. The van der Waals surface area contributed by atoms with Crippen LogP contribution in [0.4, 0.5) is 75.3 Å². The SMILES string of the molecule is Cn1c2c(c3c(F)cccc31)CN(c1ccc(N3CCOCC3)nc1)CC2.Cn1c2c(c3cc(F)ccc31)CN(c1ccc(N3CCOCC3)cc1)CC2.Cn1c2c(c3ccccc31)CN(c1ccc(N3CCOCC3)cn1)CC2.Fc1ccc2[nH]c3c(c2c1)CN(c1ccc(N2CCOCC2)nn1)CC3.Fc1ccc2c3c([nH]c2c1)CCN(c1nc2ccc(N4CCOCC4)cc2o1)C3. The molecule has 696 valence electrons. The molecule has 10 aliphatic heterocycles. The van der Waals surface area contributed by atoms with Gasteiger partial charge < -0.3 is 101 Å². The van der Waals surface area contributed by atoms with Gasteiger partial charge in [-0.1, -0.05) is 24.3 Å². The van der Waals surface area contributed by atoms with Crippen LogP contribution in [0.5, 0.6) is 0 Å². The summed E-state index contributed by atoms with van der Waals surface area (Å²) in [6.45, 7) is 25.2. The van der Waals surface area contributed by atoms with E-state index in [2.05, 4.69) is 187 Å². The average Bonchev–Trinajstić information content (AvgIpc) is 1.60. The van der Waals surface area contributed by atoms with Crippen LogP contribution in [0, 0.1) is 23.3 Å². The third-order valence-electron chi connectivity index (χ3n) is 28.7. The first-order chi connectivity index (χ1) is 66.3. The second-order valence-corrected chi connectivity index (χ2v) is 36.3. The molecule has 0 saturated carbocycles. The van der Waals surface area contributed by atoms with Crippen LogP contribution in [0.25, 0.3) is 65.6 Å². The van der Waals surface area contributed by atoms with Crippen molar-refractivity contribution in [3.8, 4) is 0 Å². The van der Waals surface area contributed by atoms with Crippen LogP contribution in [0.15, 0.2) is 193 Å². The molecule has 135 heavy (non-hydrogen) atoms. The molecule has 0 radical (unpaired) electrons. The van der Waals surface area contributed by atoms with Crippen molar-refractivity contribution < 1.29 is 45.7 Å². The van der Waals surface area contributed by atoms with Crippen molar-refractivity contribution in [2.75, 3.05) is 213 Å². The number of nitrogens with zero attached hydrogens (tertiary/aromatic N) is 18. The van der Waals surface area contributed by atoms with Crippen molar-refractivity contribution >= 4 is 123 Å². The number of H-pyrrole nitrogens is 2. The number of ether oxygens (including phenoxy) is 5. The van der Waals surface area contributed by atoms with Crippen molar-refractivity contribution in [3.05, 3.63) is 268 Å². The van der Waals surface area contributed by atoms with Gasteiger partial charge >= 0.3 is 0 Å². The molecule has 0 atom stereocenters. The van der Waals surface area contributed by atoms with E-state index in [1.807, 2.05) is 61.9 Å². The minimum atomic E-state index is -0.219. The predicted molar refractivity (Wildman–Crippen MR) is 525 cm³/mol. The molecule has 0 amide bonds. The molecule has 2 N–H and O–H groups in total. The fourth-order valence-electron chi connectivity index (χ4n) is 21.4. The van der Waals surface area contributed by atoms with E-state index in [0.29, 0.717) is 25.6 Å². The van der Waals surface area contributed by atoms with Crippen molar-refractivity contribution in [1.82, 2.24) is 48.8 Å². The third kappa shape index (κ3) is 17.8. The number of anilines is 10. The van der Waals surface area contributed by atoms with Crippen LogP contribution >= 0.6 is 0 Å². The second kappa shape index (κ2) is 38.2. The van der Waals surface area contributed by atoms with Crippen LogP contribution in [-0.4, -0.2) is 213 Å². The van der Waals surface area contributed by atoms with E-state index in [0.717, 1.165) is 310 Å². The number of hydrogen-bond donors (Lipinski definition) is 2. The van der Waals surface area contributed by atoms with Crippen LogP contribution < -0.4 is 49.0 Å². The highest BCUT2D eigenvalue weighted by Gasteiger charge is 2.32. The number of rotatable bonds is 10. The Morgan fingerprint density at radius 3 is 1.38 bits per heavy atom. The summed E-state index contributed by atoms with van der Waals surface area (Å²) in [5.41, 5.74) is 25.4. The molecule has 26 nitrogen and oxygen atoms in total. The summed E-state index contributed by atoms with van der Waals surface area (Å²) in [6, 6.07) is 57.3. The lowest BCUT2D eigenvalue weighted by atomic mass is 10.0. The number of aromatic nitrogens is 10. The van der Waals surface area contributed by atoms with Gasteiger partial charge in [0.15, 0.2) is 17.2 Å². The van der Waals surface area contributed by atoms with E-state index in [1.165, 1.54) is 85.3 Å². The number of pyridine rings is 2. The van der Waals surface area contributed by atoms with E-state index in [9.17, 15) is 17.6 Å². The molecule has 19 heterocycles. The molecule has 7 aromatic carbocycles. The summed E-state index contributed by atoms with van der Waals surface area (Å²) < 4.78 is 95.6. The summed E-state index contributed by atoms with van der Waals surface area (Å²) in [5.74, 6) is 3.10. The standard InChI is InChI=1S/C22H21FN4O2.C22H24FN3O.C21H23FN4O.C21H24N4O.C19H20FN5O/c23-14-1-3-16-17-13-27(6-5-18(17)24-20(16)11-14)22-25-19-4-2-15(12-21(19)29-22)26-7-9-28-10-8-26;1-24-21-7-2-16(23)14-19(21)20-15-26(9-8-22(20)24)18-5-3-17(4-6-18)25-10-12-27-13-11-25;1-24-18-7-8-26(14-16(18)21-17(22)3-2-4-19(21)24)15-5-6-20(23-13-15)25-9-11-27-12-10-25;1-23-19-5-3-2-4-17(19)18-15-25(9-8-20(18)23)21-7-6-16(14-22-21)24-10-12-26-13-11-24;20-13-1-2-16-14(11-13)15-12-25(6-5-17(15)21-16)19-4-3-18(22-23-19)24-7-9-26-10-8-24/h1-4,11-12,24H,5-10,13H2;2-7,14H,8-13,15H2,1H3;2-6,13H,7-12,14H2,1H3;2-7,14H,8-13,15H2,1H3;1-4,11,21H,5-10,12H2. The molecule has 0 bridgehead atoms. The van der Waals surface area contributed by atoms with Gasteiger partial charge in [0.2, 0.25) is 0 Å². The van der Waals surface area contributed by atoms with Gasteiger partial charge in [-0.3, -0.25) is 0 Å². The molecule has 0 spiro atoms. The van der Waals surface area contributed by atoms with Crippen LogP contribution in [0.3, 0.4) is 0 Å². The topological polar surface area (TPSA) is 203 Å². The lowest BCUT2D eigenvalue weighted by Gasteiger charge is -2.32. The lowest BCUT2D eigenvalue weighted by Crippen LogP contribution is -2.37. The first-order valence-electron chi connectivity index (χ1n) is 47.5. The number of hydrogen-bond acceptors (Lipinski definition) is 21. The minimum Gasteiger partial charge on any atom is -0.423 e. The van der Waals surface area contributed by atoms with Gasteiger partial charge in [-0.05, 0) is 146 Å². The molecule has 0 unspecified atom stereocenters. The van der Waals surface area contributed by atoms with Gasteiger partial charge in [0.1, 0.15) is 40.4 Å². The highest BCUT2D eigenvalue weighted by Crippen LogP contribution is 2.41. The third-order valence-corrected chi connectivity index (χ3v) is 28.7. The Hall–Kier alpha value is -13.4. The fraction of sp³-hybridized carbons (Fsp3) is 0.362. The zero-order valence-electron chi connectivity index (χ0n) is 76.7. The van der Waals surface area contributed by atoms with E-state index in [-0.39, 0.29) is 23.3 Å². The molecule has 0 aliphatic carbocycles. The summed E-state index contributed by atoms with van der Waals surface area (Å²) in [5, 5.41) is 14.1. The minimum absolute atomic E-state index is 0.132. The summed E-state index contributed by atoms with van der Waals surface area (Å²) >= 11 is 0. The average molecular weight is 1830 g/mol. The smallest absolute Gasteiger partial charge is 0.298 e. The van der Waals surface area contributed by atoms with Gasteiger partial charge in [-0.15, -0.1) is 10.2 Å². The Labute approximate surface area is 780 Å². The number of oxazole rings is 1. The number of para-hydroxylation sites is 1. The van der Waals surface area contributed by atoms with Crippen molar-refractivity contribution in [2.24, 2.45) is 21.1 Å². The first kappa shape index (κ1) is 87.0. The zero-order chi connectivity index (χ0) is 91.2. The second-order valence-electron chi connectivity index (χ2n) is 36.3. The van der Waals surface area contributed by atoms with E-state index in [4.69, 9.17) is 38.1 Å². The molecular weight excluding hydrogens is 1710 g/mol. The van der Waals surface area contributed by atoms with Crippen molar-refractivity contribution in [1.29, 1.82) is 0 Å². The Morgan fingerprint density at radius 1 is 0.304 bits per heavy atom. The van der Waals surface area contributed by atoms with Crippen LogP contribution in [0.2, 0.25) is 0 Å². The van der Waals surface area contributed by atoms with E-state index in [1.54, 1.807) is 36.4 Å². The highest BCUT2D eigenvalue weighted by atomic mass is 19.1. The molecule has 5 saturated heterocycles. The molecule has 9 aromatic heterocycles. The van der Waals surface area contributed by atoms with E-state index < -0.39 is 0 Å². The Balaban J connectivity index is 0.0000000980. The van der Waals surface area contributed by atoms with Gasteiger partial charge in [-0.25, -0.2) is 27.5 Å². The summed E-state index contributed by atoms with van der Waals surface area (Å²) in [7, 11) is 6.31. The number of halogens is 4. The maximum absolute atomic E-state index is 14.5. The summed E-state index contributed by atoms with van der Waals surface area (Å²) in [4.78, 5) is 43.9. The number of benzene rings is 7.